The van der Waals surface area contributed by atoms with Crippen LogP contribution in [0.5, 0.6) is 0 Å². The normalized spacial score (nSPS) is 55.7. The lowest BCUT2D eigenvalue weighted by molar-refractivity contribution is -0.147. The van der Waals surface area contributed by atoms with Gasteiger partial charge in [0.05, 0.1) is 11.8 Å². The van der Waals surface area contributed by atoms with Gasteiger partial charge in [-0.15, -0.1) is 0 Å². The molecule has 3 nitrogen and oxygen atoms in total. The van der Waals surface area contributed by atoms with E-state index in [2.05, 4.69) is 12.2 Å². The van der Waals surface area contributed by atoms with E-state index in [1.807, 2.05) is 0 Å². The molecular weight excluding hydrogens is 310 g/mol. The molecule has 25 heavy (non-hydrogen) atoms. The Bertz CT molecular complexity index is 663. The third kappa shape index (κ3) is 1.52. The molecule has 7 fully saturated rings. The minimum atomic E-state index is -0.00101. The monoisotopic (exact) mass is 337 g/mol. The van der Waals surface area contributed by atoms with Crippen LogP contribution in [0.2, 0.25) is 0 Å². The fourth-order valence-electron chi connectivity index (χ4n) is 9.12. The van der Waals surface area contributed by atoms with Gasteiger partial charge < -0.3 is 0 Å². The van der Waals surface area contributed by atoms with Crippen LogP contribution >= 0.6 is 0 Å². The van der Waals surface area contributed by atoms with Gasteiger partial charge in [0.1, 0.15) is 0 Å². The SMILES string of the molecule is O=C1[C@@H]2[C@@H](C(=O)N1CC13CC4CC(CC(C4)C1)C3)[C@@H]1C=C[C@H]2C12CC2. The molecule has 0 N–H and O–H groups in total. The van der Waals surface area contributed by atoms with Crippen molar-refractivity contribution in [1.82, 2.24) is 4.90 Å². The average molecular weight is 337 g/mol. The van der Waals surface area contributed by atoms with Gasteiger partial charge in [-0.05, 0) is 91.8 Å². The molecule has 0 unspecified atom stereocenters. The average Bonchev–Trinajstić information content (AvgIpc) is 3.17. The van der Waals surface area contributed by atoms with Crippen molar-refractivity contribution in [2.75, 3.05) is 6.54 Å². The third-order valence-corrected chi connectivity index (χ3v) is 9.60. The lowest BCUT2D eigenvalue weighted by atomic mass is 9.49. The van der Waals surface area contributed by atoms with Crippen molar-refractivity contribution < 1.29 is 9.59 Å². The summed E-state index contributed by atoms with van der Waals surface area (Å²) in [4.78, 5) is 28.4. The molecule has 4 atom stereocenters. The minimum absolute atomic E-state index is 0.00101. The Kier molecular flexibility index (Phi) is 2.28. The van der Waals surface area contributed by atoms with E-state index in [9.17, 15) is 9.59 Å². The quantitative estimate of drug-likeness (QED) is 0.572. The number of fused-ring (bicyclic) bond motifs is 3. The maximum Gasteiger partial charge on any atom is 0.233 e. The van der Waals surface area contributed by atoms with E-state index in [4.69, 9.17) is 0 Å². The Morgan fingerprint density at radius 2 is 1.32 bits per heavy atom. The molecule has 1 heterocycles. The zero-order valence-electron chi connectivity index (χ0n) is 14.8. The number of nitrogens with zero attached hydrogens (tertiary/aromatic N) is 1. The van der Waals surface area contributed by atoms with E-state index >= 15 is 0 Å². The van der Waals surface area contributed by atoms with Gasteiger partial charge in [-0.2, -0.15) is 0 Å². The standard InChI is InChI=1S/C22H27NO2/c24-19-17-15-1-2-16(22(15)3-4-22)18(17)20(25)23(19)11-21-8-12-5-13(9-21)7-14(6-12)10-21/h1-2,12-18H,3-11H2/t12?,13?,14?,15-,16+,17-,18-,21?/m0/s1. The summed E-state index contributed by atoms with van der Waals surface area (Å²) in [5, 5.41) is 0. The van der Waals surface area contributed by atoms with Gasteiger partial charge in [0.15, 0.2) is 0 Å². The Morgan fingerprint density at radius 1 is 0.840 bits per heavy atom. The molecule has 0 aromatic heterocycles. The van der Waals surface area contributed by atoms with E-state index < -0.39 is 0 Å². The van der Waals surface area contributed by atoms with Crippen molar-refractivity contribution in [2.24, 2.45) is 52.3 Å². The van der Waals surface area contributed by atoms with Crippen molar-refractivity contribution >= 4 is 11.8 Å². The number of carbonyl (C=O) groups excluding carboxylic acids is 2. The number of carbonyl (C=O) groups is 2. The van der Waals surface area contributed by atoms with Crippen LogP contribution in [-0.2, 0) is 9.59 Å². The Labute approximate surface area is 149 Å². The van der Waals surface area contributed by atoms with Crippen LogP contribution < -0.4 is 0 Å². The van der Waals surface area contributed by atoms with Crippen LogP contribution in [0.4, 0.5) is 0 Å². The second-order valence-electron chi connectivity index (χ2n) is 10.9. The summed E-state index contributed by atoms with van der Waals surface area (Å²) in [7, 11) is 0. The number of rotatable bonds is 2. The number of likely N-dealkylation sites (tertiary alicyclic amines) is 1. The second kappa shape index (κ2) is 4.07. The molecule has 0 radical (unpaired) electrons. The highest BCUT2D eigenvalue weighted by atomic mass is 16.2. The van der Waals surface area contributed by atoms with Crippen LogP contribution in [0.25, 0.3) is 0 Å². The summed E-state index contributed by atoms with van der Waals surface area (Å²) < 4.78 is 0. The van der Waals surface area contributed by atoms with E-state index in [0.29, 0.717) is 17.3 Å². The summed E-state index contributed by atoms with van der Waals surface area (Å²) in [6.45, 7) is 0.758. The zero-order chi connectivity index (χ0) is 16.6. The summed E-state index contributed by atoms with van der Waals surface area (Å²) in [6, 6.07) is 0. The fraction of sp³-hybridized carbons (Fsp3) is 0.818. The fourth-order valence-corrected chi connectivity index (χ4v) is 9.12. The lowest BCUT2D eigenvalue weighted by Crippen LogP contribution is -2.52. The van der Waals surface area contributed by atoms with E-state index in [0.717, 1.165) is 24.3 Å². The van der Waals surface area contributed by atoms with Crippen LogP contribution in [-0.4, -0.2) is 23.3 Å². The van der Waals surface area contributed by atoms with Crippen molar-refractivity contribution in [3.8, 4) is 0 Å². The Morgan fingerprint density at radius 3 is 1.76 bits per heavy atom. The number of hydrogen-bond donors (Lipinski definition) is 0. The molecule has 0 aromatic carbocycles. The predicted octanol–water partition coefficient (Wildman–Crippen LogP) is 3.40. The van der Waals surface area contributed by atoms with Crippen molar-refractivity contribution in [2.45, 2.75) is 51.4 Å². The molecule has 1 aliphatic heterocycles. The van der Waals surface area contributed by atoms with Crippen LogP contribution in [0.1, 0.15) is 51.4 Å². The number of hydrogen-bond acceptors (Lipinski definition) is 2. The Hall–Kier alpha value is -1.12. The largest absolute Gasteiger partial charge is 0.282 e. The predicted molar refractivity (Wildman–Crippen MR) is 92.1 cm³/mol. The maximum atomic E-state index is 13.3. The molecular formula is C22H27NO2. The molecule has 132 valence electrons. The number of allylic oxidation sites excluding steroid dienone is 2. The first-order valence-corrected chi connectivity index (χ1v) is 10.6. The van der Waals surface area contributed by atoms with Gasteiger partial charge in [-0.3, -0.25) is 14.5 Å². The molecule has 6 bridgehead atoms. The topological polar surface area (TPSA) is 37.4 Å². The van der Waals surface area contributed by atoms with Gasteiger partial charge in [-0.25, -0.2) is 0 Å². The lowest BCUT2D eigenvalue weighted by Gasteiger charge is -2.57. The van der Waals surface area contributed by atoms with Gasteiger partial charge >= 0.3 is 0 Å². The van der Waals surface area contributed by atoms with Crippen LogP contribution in [0.3, 0.4) is 0 Å². The summed E-state index contributed by atoms with van der Waals surface area (Å²) in [5.74, 6) is 3.80. The highest BCUT2D eigenvalue weighted by Gasteiger charge is 2.73. The van der Waals surface area contributed by atoms with Crippen LogP contribution in [0.15, 0.2) is 12.2 Å². The van der Waals surface area contributed by atoms with Crippen molar-refractivity contribution in [3.63, 3.8) is 0 Å². The molecule has 3 heteroatoms. The van der Waals surface area contributed by atoms with Crippen molar-refractivity contribution in [3.05, 3.63) is 12.2 Å². The van der Waals surface area contributed by atoms with Gasteiger partial charge in [0, 0.05) is 6.54 Å². The van der Waals surface area contributed by atoms with Crippen LogP contribution in [0, 0.1) is 52.3 Å². The minimum Gasteiger partial charge on any atom is -0.282 e. The smallest absolute Gasteiger partial charge is 0.233 e. The number of amides is 2. The van der Waals surface area contributed by atoms with Gasteiger partial charge in [0.25, 0.3) is 0 Å². The summed E-state index contributed by atoms with van der Waals surface area (Å²) >= 11 is 0. The molecule has 7 aliphatic carbocycles. The molecule has 8 aliphatic rings. The molecule has 0 aromatic rings. The van der Waals surface area contributed by atoms with Crippen molar-refractivity contribution in [1.29, 1.82) is 0 Å². The first-order chi connectivity index (χ1) is 12.1. The van der Waals surface area contributed by atoms with E-state index in [1.165, 1.54) is 51.4 Å². The molecule has 2 amide bonds. The maximum absolute atomic E-state index is 13.3. The van der Waals surface area contributed by atoms with E-state index in [1.54, 1.807) is 4.90 Å². The second-order valence-corrected chi connectivity index (χ2v) is 10.9. The first kappa shape index (κ1) is 14.0. The van der Waals surface area contributed by atoms with Gasteiger partial charge in [0.2, 0.25) is 11.8 Å². The third-order valence-electron chi connectivity index (χ3n) is 9.60. The molecule has 1 spiro atoms. The highest BCUT2D eigenvalue weighted by molar-refractivity contribution is 6.06. The summed E-state index contributed by atoms with van der Waals surface area (Å²) in [6.07, 6.45) is 15.1. The highest BCUT2D eigenvalue weighted by Crippen LogP contribution is 2.73. The molecule has 6 saturated carbocycles. The van der Waals surface area contributed by atoms with Gasteiger partial charge in [-0.1, -0.05) is 12.2 Å². The molecule has 8 rings (SSSR count). The summed E-state index contributed by atoms with van der Waals surface area (Å²) in [5.41, 5.74) is 0.607. The van der Waals surface area contributed by atoms with E-state index in [-0.39, 0.29) is 29.1 Å². The Balaban J connectivity index is 1.20. The molecule has 1 saturated heterocycles. The zero-order valence-corrected chi connectivity index (χ0v) is 14.8. The first-order valence-electron chi connectivity index (χ1n) is 10.6. The number of imide groups is 1.